The number of carboxylic acids is 2. The summed E-state index contributed by atoms with van der Waals surface area (Å²) >= 11 is 0. The number of nitrogens with one attached hydrogen (secondary N) is 3. The minimum absolute atomic E-state index is 0.0435. The fourth-order valence-electron chi connectivity index (χ4n) is 10.1. The average molecular weight is 693 g/mol. The van der Waals surface area contributed by atoms with Crippen LogP contribution in [0.3, 0.4) is 0 Å². The smallest absolute Gasteiger partial charge is 0.303 e. The largest absolute Gasteiger partial charge is 0.481 e. The highest BCUT2D eigenvalue weighted by molar-refractivity contribution is 6.30. The highest BCUT2D eigenvalue weighted by Crippen LogP contribution is 2.64. The molecule has 5 N–H and O–H groups in total. The van der Waals surface area contributed by atoms with Crippen LogP contribution in [0.25, 0.3) is 17.7 Å². The van der Waals surface area contributed by atoms with Gasteiger partial charge < -0.3 is 25.5 Å². The quantitative estimate of drug-likeness (QED) is 0.226. The van der Waals surface area contributed by atoms with Crippen LogP contribution < -0.4 is 16.0 Å². The Hall–Kier alpha value is -4.73. The molecule has 10 heteroatoms. The second-order valence-electron chi connectivity index (χ2n) is 15.9. The van der Waals surface area contributed by atoms with Crippen molar-refractivity contribution in [3.05, 3.63) is 72.3 Å². The van der Waals surface area contributed by atoms with Crippen LogP contribution in [0.2, 0.25) is 0 Å². The number of hydrogen-bond donors (Lipinski definition) is 5. The lowest BCUT2D eigenvalue weighted by molar-refractivity contribution is -0.138. The maximum atomic E-state index is 12.6. The Morgan fingerprint density at radius 2 is 1.35 bits per heavy atom. The zero-order chi connectivity index (χ0) is 36.5. The maximum absolute atomic E-state index is 12.6. The minimum Gasteiger partial charge on any atom is -0.481 e. The first-order chi connectivity index (χ1) is 24.2. The summed E-state index contributed by atoms with van der Waals surface area (Å²) in [5.41, 5.74) is 10.6. The number of aromatic amines is 2. The minimum atomic E-state index is -0.882. The summed E-state index contributed by atoms with van der Waals surface area (Å²) in [6.45, 7) is 11.4. The third kappa shape index (κ3) is 6.06. The Labute approximate surface area is 297 Å². The molecule has 10 nitrogen and oxygen atoms in total. The van der Waals surface area contributed by atoms with Gasteiger partial charge in [-0.1, -0.05) is 0 Å². The normalized spacial score (nSPS) is 27.3. The molecule has 4 heterocycles. The maximum Gasteiger partial charge on any atom is 0.303 e. The molecular formula is C41H48N4O6. The van der Waals surface area contributed by atoms with E-state index in [1.807, 2.05) is 46.8 Å². The van der Waals surface area contributed by atoms with Crippen molar-refractivity contribution >= 4 is 47.2 Å². The molecule has 0 atom stereocenters. The standard InChI is InChI=1S/C41H48N4O6/c1-19-21(3)39(50)44-30(19)14-32-23(5)28(7-9-34(46)47)37(42-32)36(41-16-25-11-26(17-41)13-27(12-25)18-41)38-29(8-10-35(48)49)24(6)33(43-38)15-31-20(2)22(4)40(51)45-31/h14-15,25-27,42-43H,7-13,16-18H2,1-6H3,(H,44,50)(H,46,47)(H,48,49)/b30-14-,33-15+,38-36-. The van der Waals surface area contributed by atoms with E-state index in [1.54, 1.807) is 6.92 Å². The van der Waals surface area contributed by atoms with Crippen LogP contribution in [0.15, 0.2) is 33.0 Å². The van der Waals surface area contributed by atoms with Crippen molar-refractivity contribution in [1.29, 1.82) is 0 Å². The van der Waals surface area contributed by atoms with Crippen molar-refractivity contribution < 1.29 is 29.4 Å². The highest BCUT2D eigenvalue weighted by atomic mass is 16.4. The predicted molar refractivity (Wildman–Crippen MR) is 195 cm³/mol. The summed E-state index contributed by atoms with van der Waals surface area (Å²) in [6, 6.07) is 0. The Morgan fingerprint density at radius 1 is 0.765 bits per heavy atom. The van der Waals surface area contributed by atoms with E-state index in [-0.39, 0.29) is 30.1 Å². The molecule has 0 saturated heterocycles. The van der Waals surface area contributed by atoms with E-state index < -0.39 is 11.9 Å². The average Bonchev–Trinajstić information content (AvgIpc) is 3.69. The summed E-state index contributed by atoms with van der Waals surface area (Å²) in [4.78, 5) is 61.1. The van der Waals surface area contributed by atoms with Gasteiger partial charge in [0, 0.05) is 62.8 Å². The summed E-state index contributed by atoms with van der Waals surface area (Å²) < 4.78 is 0. The molecule has 51 heavy (non-hydrogen) atoms. The number of carbonyl (C=O) groups is 4. The van der Waals surface area contributed by atoms with Gasteiger partial charge in [0.05, 0.1) is 5.71 Å². The summed E-state index contributed by atoms with van der Waals surface area (Å²) in [6.07, 6.45) is 11.2. The van der Waals surface area contributed by atoms with E-state index in [0.29, 0.717) is 47.5 Å². The molecule has 0 unspecified atom stereocenters. The van der Waals surface area contributed by atoms with Crippen molar-refractivity contribution in [1.82, 2.24) is 15.3 Å². The van der Waals surface area contributed by atoms with Gasteiger partial charge >= 0.3 is 11.9 Å². The molecule has 6 aliphatic rings. The summed E-state index contributed by atoms with van der Waals surface area (Å²) in [7, 11) is 0. The lowest BCUT2D eigenvalue weighted by Gasteiger charge is -2.57. The molecule has 4 aliphatic carbocycles. The van der Waals surface area contributed by atoms with Crippen molar-refractivity contribution in [2.45, 2.75) is 106 Å². The predicted octanol–water partition coefficient (Wildman–Crippen LogP) is 5.31. The van der Waals surface area contributed by atoms with E-state index in [0.717, 1.165) is 86.0 Å². The molecule has 2 aromatic heterocycles. The topological polar surface area (TPSA) is 165 Å². The number of aliphatic imine (C=N–C) groups is 1. The van der Waals surface area contributed by atoms with E-state index in [9.17, 15) is 29.4 Å². The van der Waals surface area contributed by atoms with Crippen molar-refractivity contribution in [2.75, 3.05) is 0 Å². The van der Waals surface area contributed by atoms with Gasteiger partial charge in [0.1, 0.15) is 0 Å². The molecule has 268 valence electrons. The molecule has 4 bridgehead atoms. The number of hydrogen-bond acceptors (Lipinski definition) is 4. The summed E-state index contributed by atoms with van der Waals surface area (Å²) in [5, 5.41) is 24.4. The number of rotatable bonds is 10. The van der Waals surface area contributed by atoms with Crippen LogP contribution >= 0.6 is 0 Å². The first-order valence-electron chi connectivity index (χ1n) is 18.3. The van der Waals surface area contributed by atoms with E-state index >= 15 is 0 Å². The third-order valence-corrected chi connectivity index (χ3v) is 12.7. The van der Waals surface area contributed by atoms with Crippen LogP contribution in [0.1, 0.15) is 113 Å². The second kappa shape index (κ2) is 12.8. The van der Waals surface area contributed by atoms with Crippen LogP contribution in [-0.4, -0.2) is 49.6 Å². The van der Waals surface area contributed by atoms with Crippen LogP contribution in [0.5, 0.6) is 0 Å². The van der Waals surface area contributed by atoms with E-state index in [2.05, 4.69) is 20.3 Å². The van der Waals surface area contributed by atoms with Gasteiger partial charge in [-0.25, -0.2) is 4.99 Å². The number of H-pyrrole nitrogens is 2. The molecule has 8 rings (SSSR count). The monoisotopic (exact) mass is 692 g/mol. The number of carboxylic acid groups (broad SMARTS) is 2. The molecular weight excluding hydrogens is 644 g/mol. The zero-order valence-corrected chi connectivity index (χ0v) is 30.4. The van der Waals surface area contributed by atoms with Gasteiger partial charge in [0.15, 0.2) is 0 Å². The van der Waals surface area contributed by atoms with E-state index in [4.69, 9.17) is 0 Å². The van der Waals surface area contributed by atoms with E-state index in [1.165, 1.54) is 19.3 Å². The lowest BCUT2D eigenvalue weighted by Crippen LogP contribution is -2.48. The Balaban J connectivity index is 1.55. The molecule has 2 aromatic rings. The Kier molecular flexibility index (Phi) is 8.71. The van der Waals surface area contributed by atoms with Crippen molar-refractivity contribution in [2.24, 2.45) is 28.2 Å². The number of carbonyl (C=O) groups excluding carboxylic acids is 2. The first kappa shape index (κ1) is 34.7. The van der Waals surface area contributed by atoms with Crippen LogP contribution in [-0.2, 0) is 32.0 Å². The third-order valence-electron chi connectivity index (χ3n) is 12.7. The van der Waals surface area contributed by atoms with Gasteiger partial charge in [-0.15, -0.1) is 0 Å². The lowest BCUT2D eigenvalue weighted by atomic mass is 9.47. The number of aliphatic carboxylic acids is 2. The first-order valence-corrected chi connectivity index (χ1v) is 18.3. The number of amides is 2. The Morgan fingerprint density at radius 3 is 1.86 bits per heavy atom. The molecule has 4 fully saturated rings. The SMILES string of the molecule is CC1=C(C)C(/C=c2/[nH]/c(=C(/c3[nH]c(/C=C4\NC(=O)C(C)=C4C)c(C)c3CCC(=O)O)C34CC5CC(CC(C5)C3)C4)c(CCC(=O)O)c2C)=NC1=O. The fraction of sp³-hybridized carbons (Fsp3) is 0.488. The molecule has 4 saturated carbocycles. The molecule has 2 aliphatic heterocycles. The van der Waals surface area contributed by atoms with Gasteiger partial charge in [-0.2, -0.15) is 0 Å². The molecule has 2 amide bonds. The number of allylic oxidation sites excluding steroid dienone is 2. The van der Waals surface area contributed by atoms with Crippen molar-refractivity contribution in [3.63, 3.8) is 0 Å². The van der Waals surface area contributed by atoms with Gasteiger partial charge in [-0.3, -0.25) is 19.2 Å². The van der Waals surface area contributed by atoms with Crippen LogP contribution in [0.4, 0.5) is 0 Å². The molecule has 0 spiro atoms. The van der Waals surface area contributed by atoms with Gasteiger partial charge in [0.2, 0.25) is 0 Å². The second-order valence-corrected chi connectivity index (χ2v) is 15.9. The van der Waals surface area contributed by atoms with Gasteiger partial charge in [-0.05, 0) is 156 Å². The zero-order valence-electron chi connectivity index (χ0n) is 30.4. The van der Waals surface area contributed by atoms with Crippen molar-refractivity contribution in [3.8, 4) is 0 Å². The number of aromatic nitrogens is 2. The van der Waals surface area contributed by atoms with Crippen LogP contribution in [0, 0.1) is 37.0 Å². The Bertz CT molecular complexity index is 2130. The molecule has 0 aromatic carbocycles. The highest BCUT2D eigenvalue weighted by Gasteiger charge is 2.53. The summed E-state index contributed by atoms with van der Waals surface area (Å²) in [5.74, 6) is -0.318. The van der Waals surface area contributed by atoms with Gasteiger partial charge in [0.25, 0.3) is 11.8 Å². The number of nitrogens with zero attached hydrogens (tertiary/aromatic N) is 1. The fourth-order valence-corrected chi connectivity index (χ4v) is 10.1. The molecule has 0 radical (unpaired) electrons.